The van der Waals surface area contributed by atoms with Crippen LogP contribution in [0.4, 0.5) is 23.5 Å². The number of anilines is 3. The van der Waals surface area contributed by atoms with E-state index < -0.39 is 4.92 Å². The van der Waals surface area contributed by atoms with Gasteiger partial charge in [-0.1, -0.05) is 11.6 Å². The van der Waals surface area contributed by atoms with Crippen molar-refractivity contribution < 1.29 is 4.92 Å². The molecule has 164 valence electrons. The Kier molecular flexibility index (Phi) is 6.76. The molecule has 10 nitrogen and oxygen atoms in total. The number of hydrazone groups is 1. The van der Waals surface area contributed by atoms with Gasteiger partial charge in [0.15, 0.2) is 0 Å². The second kappa shape index (κ2) is 9.86. The van der Waals surface area contributed by atoms with Gasteiger partial charge in [-0.15, -0.1) is 0 Å². The van der Waals surface area contributed by atoms with E-state index in [-0.39, 0.29) is 5.69 Å². The van der Waals surface area contributed by atoms with Gasteiger partial charge in [-0.3, -0.25) is 10.1 Å². The van der Waals surface area contributed by atoms with Crippen LogP contribution in [0.3, 0.4) is 0 Å². The van der Waals surface area contributed by atoms with Crippen molar-refractivity contribution in [2.75, 3.05) is 41.4 Å². The molecule has 1 aromatic heterocycles. The first-order valence-corrected chi connectivity index (χ1v) is 11.0. The summed E-state index contributed by atoms with van der Waals surface area (Å²) in [6.07, 6.45) is 8.36. The molecule has 0 atom stereocenters. The monoisotopic (exact) mass is 444 g/mol. The zero-order chi connectivity index (χ0) is 21.6. The van der Waals surface area contributed by atoms with Crippen LogP contribution in [0.5, 0.6) is 0 Å². The molecule has 2 saturated heterocycles. The summed E-state index contributed by atoms with van der Waals surface area (Å²) in [4.78, 5) is 28.8. The van der Waals surface area contributed by atoms with E-state index in [1.54, 1.807) is 0 Å². The molecule has 2 aliphatic rings. The number of halogens is 1. The number of aromatic nitrogens is 3. The second-order valence-corrected chi connectivity index (χ2v) is 8.09. The van der Waals surface area contributed by atoms with E-state index >= 15 is 0 Å². The summed E-state index contributed by atoms with van der Waals surface area (Å²) in [5.41, 5.74) is 3.24. The summed E-state index contributed by atoms with van der Waals surface area (Å²) < 4.78 is 0. The smallest absolute Gasteiger partial charge is 0.270 e. The van der Waals surface area contributed by atoms with Gasteiger partial charge >= 0.3 is 0 Å². The van der Waals surface area contributed by atoms with Crippen molar-refractivity contribution in [1.29, 1.82) is 0 Å². The molecule has 0 spiro atoms. The molecule has 0 unspecified atom stereocenters. The quantitative estimate of drug-likeness (QED) is 0.406. The summed E-state index contributed by atoms with van der Waals surface area (Å²) >= 11 is 6.14. The zero-order valence-electron chi connectivity index (χ0n) is 17.2. The number of nitro benzene ring substituents is 1. The molecule has 4 rings (SSSR count). The highest BCUT2D eigenvalue weighted by Crippen LogP contribution is 2.23. The third kappa shape index (κ3) is 5.38. The highest BCUT2D eigenvalue weighted by molar-refractivity contribution is 6.33. The molecule has 31 heavy (non-hydrogen) atoms. The van der Waals surface area contributed by atoms with Crippen molar-refractivity contribution in [2.24, 2.45) is 5.10 Å². The zero-order valence-corrected chi connectivity index (χ0v) is 18.0. The topological polar surface area (TPSA) is 113 Å². The fourth-order valence-corrected chi connectivity index (χ4v) is 3.94. The minimum absolute atomic E-state index is 0.0502. The van der Waals surface area contributed by atoms with Crippen molar-refractivity contribution in [2.45, 2.75) is 38.5 Å². The first-order chi connectivity index (χ1) is 15.1. The highest BCUT2D eigenvalue weighted by atomic mass is 35.5. The van der Waals surface area contributed by atoms with Crippen molar-refractivity contribution in [3.05, 3.63) is 38.9 Å². The van der Waals surface area contributed by atoms with Gasteiger partial charge in [0, 0.05) is 48.9 Å². The Morgan fingerprint density at radius 3 is 2.10 bits per heavy atom. The van der Waals surface area contributed by atoms with Crippen LogP contribution in [0.25, 0.3) is 0 Å². The molecule has 2 aliphatic heterocycles. The molecular weight excluding hydrogens is 420 g/mol. The number of piperidine rings is 2. The van der Waals surface area contributed by atoms with Crippen LogP contribution in [0.1, 0.15) is 44.1 Å². The Balaban J connectivity index is 1.57. The molecule has 2 aromatic rings. The minimum atomic E-state index is -0.469. The van der Waals surface area contributed by atoms with Crippen molar-refractivity contribution in [1.82, 2.24) is 15.0 Å². The lowest BCUT2D eigenvalue weighted by molar-refractivity contribution is -0.384. The van der Waals surface area contributed by atoms with Gasteiger partial charge in [0.2, 0.25) is 17.8 Å². The number of nitrogens with zero attached hydrogens (tertiary/aromatic N) is 7. The van der Waals surface area contributed by atoms with Crippen molar-refractivity contribution in [3.8, 4) is 0 Å². The van der Waals surface area contributed by atoms with Crippen LogP contribution in [0, 0.1) is 10.1 Å². The highest BCUT2D eigenvalue weighted by Gasteiger charge is 2.20. The Morgan fingerprint density at radius 1 is 0.968 bits per heavy atom. The third-order valence-corrected chi connectivity index (χ3v) is 5.79. The fourth-order valence-electron chi connectivity index (χ4n) is 3.78. The molecule has 1 aromatic carbocycles. The van der Waals surface area contributed by atoms with E-state index in [4.69, 9.17) is 16.6 Å². The number of non-ortho nitro benzene ring substituents is 1. The van der Waals surface area contributed by atoms with Gasteiger partial charge in [-0.05, 0) is 44.6 Å². The van der Waals surface area contributed by atoms with Crippen LogP contribution in [-0.4, -0.2) is 52.3 Å². The number of nitro groups is 1. The maximum absolute atomic E-state index is 11.0. The van der Waals surface area contributed by atoms with Crippen LogP contribution in [0.2, 0.25) is 5.02 Å². The van der Waals surface area contributed by atoms with Gasteiger partial charge in [0.1, 0.15) is 0 Å². The largest absolute Gasteiger partial charge is 0.341 e. The van der Waals surface area contributed by atoms with Crippen LogP contribution < -0.4 is 15.2 Å². The van der Waals surface area contributed by atoms with E-state index in [1.165, 1.54) is 37.3 Å². The summed E-state index contributed by atoms with van der Waals surface area (Å²) in [6, 6.07) is 4.21. The number of hydrogen-bond donors (Lipinski definition) is 1. The Morgan fingerprint density at radius 2 is 1.55 bits per heavy atom. The Bertz CT molecular complexity index is 922. The van der Waals surface area contributed by atoms with E-state index in [0.29, 0.717) is 28.4 Å². The second-order valence-electron chi connectivity index (χ2n) is 7.69. The average Bonchev–Trinajstić information content (AvgIpc) is 2.81. The van der Waals surface area contributed by atoms with Crippen LogP contribution in [0.15, 0.2) is 23.3 Å². The Hall–Kier alpha value is -3.01. The molecule has 11 heteroatoms. The summed E-state index contributed by atoms with van der Waals surface area (Å²) in [7, 11) is 0. The number of benzene rings is 1. The average molecular weight is 445 g/mol. The number of rotatable bonds is 6. The van der Waals surface area contributed by atoms with Crippen LogP contribution in [-0.2, 0) is 0 Å². The standard InChI is InChI=1S/C20H25ClN8O2/c21-17-8-7-16(29(30)31)13-15(17)14-22-26-18-23-19(27-9-3-1-4-10-27)25-20(24-18)28-11-5-2-6-12-28/h7-8,13-14H,1-6,9-12H2,(H,23,24,25,26)/b22-14+. The van der Waals surface area contributed by atoms with Gasteiger partial charge in [-0.25, -0.2) is 5.43 Å². The van der Waals surface area contributed by atoms with Gasteiger partial charge in [-0.2, -0.15) is 20.1 Å². The van der Waals surface area contributed by atoms with Gasteiger partial charge in [0.25, 0.3) is 5.69 Å². The number of nitrogens with one attached hydrogen (secondary N) is 1. The molecule has 0 bridgehead atoms. The lowest BCUT2D eigenvalue weighted by atomic mass is 10.1. The SMILES string of the molecule is O=[N+]([O-])c1ccc(Cl)c(/C=N/Nc2nc(N3CCCCC3)nc(N3CCCCC3)n2)c1. The number of hydrogen-bond acceptors (Lipinski definition) is 9. The van der Waals surface area contributed by atoms with E-state index in [2.05, 4.69) is 30.3 Å². The van der Waals surface area contributed by atoms with Gasteiger partial charge < -0.3 is 9.80 Å². The van der Waals surface area contributed by atoms with E-state index in [0.717, 1.165) is 51.9 Å². The molecule has 0 amide bonds. The van der Waals surface area contributed by atoms with Crippen molar-refractivity contribution >= 4 is 41.3 Å². The first-order valence-electron chi connectivity index (χ1n) is 10.6. The maximum atomic E-state index is 11.0. The Labute approximate surface area is 185 Å². The van der Waals surface area contributed by atoms with E-state index in [1.807, 2.05) is 0 Å². The molecule has 0 saturated carbocycles. The normalized spacial score (nSPS) is 17.2. The molecule has 3 heterocycles. The predicted molar refractivity (Wildman–Crippen MR) is 121 cm³/mol. The lowest BCUT2D eigenvalue weighted by Gasteiger charge is -2.30. The molecule has 0 aliphatic carbocycles. The van der Waals surface area contributed by atoms with Crippen LogP contribution >= 0.6 is 11.6 Å². The summed E-state index contributed by atoms with van der Waals surface area (Å²) in [5.74, 6) is 1.65. The lowest BCUT2D eigenvalue weighted by Crippen LogP contribution is -2.34. The maximum Gasteiger partial charge on any atom is 0.270 e. The molecule has 1 N–H and O–H groups in total. The molecule has 2 fully saturated rings. The summed E-state index contributed by atoms with van der Waals surface area (Å²) in [6.45, 7) is 3.70. The van der Waals surface area contributed by atoms with Crippen molar-refractivity contribution in [3.63, 3.8) is 0 Å². The molecular formula is C20H25ClN8O2. The van der Waals surface area contributed by atoms with E-state index in [9.17, 15) is 10.1 Å². The first kappa shape index (κ1) is 21.2. The molecule has 0 radical (unpaired) electrons. The third-order valence-electron chi connectivity index (χ3n) is 5.45. The predicted octanol–water partition coefficient (Wildman–Crippen LogP) is 3.86. The minimum Gasteiger partial charge on any atom is -0.341 e. The fraction of sp³-hybridized carbons (Fsp3) is 0.500. The van der Waals surface area contributed by atoms with Gasteiger partial charge in [0.05, 0.1) is 11.1 Å². The summed E-state index contributed by atoms with van der Waals surface area (Å²) in [5, 5.41) is 15.5.